The number of rotatable bonds is 1. The van der Waals surface area contributed by atoms with Crippen molar-refractivity contribution in [2.24, 2.45) is 5.73 Å². The highest BCUT2D eigenvalue weighted by atomic mass is 16.5. The van der Waals surface area contributed by atoms with E-state index in [0.717, 1.165) is 22.6 Å². The minimum absolute atomic E-state index is 0.173. The molecule has 4 heteroatoms. The molecular formula is C11H14N2O2. The number of benzene rings is 1. The predicted molar refractivity (Wildman–Crippen MR) is 58.0 cm³/mol. The molecule has 0 aromatic heterocycles. The van der Waals surface area contributed by atoms with Crippen molar-refractivity contribution in [2.45, 2.75) is 20.0 Å². The summed E-state index contributed by atoms with van der Waals surface area (Å²) in [6, 6.07) is 3.81. The van der Waals surface area contributed by atoms with E-state index in [1.54, 1.807) is 0 Å². The predicted octanol–water partition coefficient (Wildman–Crippen LogP) is 0.962. The van der Waals surface area contributed by atoms with Crippen LogP contribution in [0.5, 0.6) is 5.75 Å². The Morgan fingerprint density at radius 1 is 1.47 bits per heavy atom. The number of hydrogen-bond donors (Lipinski definition) is 2. The molecule has 1 atom stereocenters. The van der Waals surface area contributed by atoms with Crippen LogP contribution >= 0.6 is 0 Å². The molecule has 3 N–H and O–H groups in total. The van der Waals surface area contributed by atoms with Crippen LogP contribution in [0, 0.1) is 13.8 Å². The molecule has 15 heavy (non-hydrogen) atoms. The number of hydrogen-bond acceptors (Lipinski definition) is 3. The lowest BCUT2D eigenvalue weighted by Crippen LogP contribution is -2.42. The second kappa shape index (κ2) is 3.55. The van der Waals surface area contributed by atoms with Crippen molar-refractivity contribution >= 4 is 11.6 Å². The van der Waals surface area contributed by atoms with E-state index in [2.05, 4.69) is 5.32 Å². The van der Waals surface area contributed by atoms with Crippen molar-refractivity contribution in [1.29, 1.82) is 0 Å². The summed E-state index contributed by atoms with van der Waals surface area (Å²) in [5, 5.41) is 2.78. The number of anilines is 1. The van der Waals surface area contributed by atoms with Gasteiger partial charge in [0.1, 0.15) is 5.75 Å². The van der Waals surface area contributed by atoms with Crippen LogP contribution in [-0.4, -0.2) is 18.6 Å². The van der Waals surface area contributed by atoms with E-state index in [1.165, 1.54) is 0 Å². The van der Waals surface area contributed by atoms with Crippen molar-refractivity contribution in [3.8, 4) is 5.75 Å². The Morgan fingerprint density at radius 3 is 2.87 bits per heavy atom. The Labute approximate surface area is 88.4 Å². The number of fused-ring (bicyclic) bond motifs is 1. The molecule has 80 valence electrons. The van der Waals surface area contributed by atoms with E-state index in [0.29, 0.717) is 0 Å². The second-order valence-electron chi connectivity index (χ2n) is 3.72. The average Bonchev–Trinajstić information content (AvgIpc) is 2.23. The van der Waals surface area contributed by atoms with E-state index >= 15 is 0 Å². The molecule has 0 fully saturated rings. The highest BCUT2D eigenvalue weighted by Gasteiger charge is 2.27. The first-order chi connectivity index (χ1) is 7.13. The maximum absolute atomic E-state index is 11.5. The van der Waals surface area contributed by atoms with Crippen LogP contribution in [0.25, 0.3) is 0 Å². The Bertz CT molecular complexity index is 415. The summed E-state index contributed by atoms with van der Waals surface area (Å²) < 4.78 is 5.57. The van der Waals surface area contributed by atoms with E-state index < -0.39 is 6.10 Å². The number of aryl methyl sites for hydroxylation is 1. The minimum Gasteiger partial charge on any atom is -0.477 e. The second-order valence-corrected chi connectivity index (χ2v) is 3.72. The molecule has 0 aliphatic carbocycles. The molecule has 0 saturated carbocycles. The Kier molecular flexibility index (Phi) is 2.36. The highest BCUT2D eigenvalue weighted by molar-refractivity contribution is 5.98. The first-order valence-electron chi connectivity index (χ1n) is 4.91. The molecule has 1 heterocycles. The monoisotopic (exact) mass is 206 g/mol. The maximum atomic E-state index is 11.5. The van der Waals surface area contributed by atoms with Gasteiger partial charge in [-0.15, -0.1) is 0 Å². The van der Waals surface area contributed by atoms with Gasteiger partial charge in [-0.05, 0) is 31.0 Å². The van der Waals surface area contributed by atoms with E-state index in [-0.39, 0.29) is 12.5 Å². The zero-order valence-corrected chi connectivity index (χ0v) is 8.83. The van der Waals surface area contributed by atoms with E-state index in [9.17, 15) is 4.79 Å². The number of nitrogens with one attached hydrogen (secondary N) is 1. The van der Waals surface area contributed by atoms with Crippen molar-refractivity contribution in [3.05, 3.63) is 23.3 Å². The van der Waals surface area contributed by atoms with Crippen LogP contribution in [0.15, 0.2) is 12.1 Å². The van der Waals surface area contributed by atoms with Crippen LogP contribution in [0.4, 0.5) is 5.69 Å². The SMILES string of the molecule is Cc1ccc2c(c1C)OC(CN)C(=O)N2. The number of carbonyl (C=O) groups is 1. The fourth-order valence-electron chi connectivity index (χ4n) is 1.60. The first kappa shape index (κ1) is 9.98. The molecule has 4 nitrogen and oxygen atoms in total. The van der Waals surface area contributed by atoms with Gasteiger partial charge in [-0.2, -0.15) is 0 Å². The van der Waals surface area contributed by atoms with Gasteiger partial charge in [-0.3, -0.25) is 4.79 Å². The molecule has 1 aromatic carbocycles. The summed E-state index contributed by atoms with van der Waals surface area (Å²) in [7, 11) is 0. The van der Waals surface area contributed by atoms with Crippen LogP contribution in [0.3, 0.4) is 0 Å². The smallest absolute Gasteiger partial charge is 0.266 e. The fourth-order valence-corrected chi connectivity index (χ4v) is 1.60. The minimum atomic E-state index is -0.571. The van der Waals surface area contributed by atoms with Crippen molar-refractivity contribution in [2.75, 3.05) is 11.9 Å². The third kappa shape index (κ3) is 1.57. The number of nitrogens with two attached hydrogens (primary N) is 1. The lowest BCUT2D eigenvalue weighted by Gasteiger charge is -2.26. The maximum Gasteiger partial charge on any atom is 0.266 e. The van der Waals surface area contributed by atoms with Gasteiger partial charge in [0.05, 0.1) is 5.69 Å². The zero-order chi connectivity index (χ0) is 11.0. The van der Waals surface area contributed by atoms with Crippen molar-refractivity contribution in [3.63, 3.8) is 0 Å². The van der Waals surface area contributed by atoms with Crippen LogP contribution < -0.4 is 15.8 Å². The summed E-state index contributed by atoms with van der Waals surface area (Å²) >= 11 is 0. The number of carbonyl (C=O) groups excluding carboxylic acids is 1. The lowest BCUT2D eigenvalue weighted by molar-refractivity contribution is -0.123. The number of ether oxygens (including phenoxy) is 1. The highest BCUT2D eigenvalue weighted by Crippen LogP contribution is 2.34. The Balaban J connectivity index is 2.46. The van der Waals surface area contributed by atoms with Gasteiger partial charge in [-0.1, -0.05) is 6.07 Å². The summed E-state index contributed by atoms with van der Waals surface area (Å²) in [4.78, 5) is 11.5. The van der Waals surface area contributed by atoms with Gasteiger partial charge in [0.2, 0.25) is 0 Å². The van der Waals surface area contributed by atoms with Crippen LogP contribution in [-0.2, 0) is 4.79 Å². The average molecular weight is 206 g/mol. The molecule has 1 amide bonds. The van der Waals surface area contributed by atoms with Crippen LogP contribution in [0.2, 0.25) is 0 Å². The normalized spacial score (nSPS) is 19.1. The van der Waals surface area contributed by atoms with Crippen LogP contribution in [0.1, 0.15) is 11.1 Å². The summed E-state index contributed by atoms with van der Waals surface area (Å²) in [5.74, 6) is 0.568. The molecule has 2 rings (SSSR count). The largest absolute Gasteiger partial charge is 0.477 e. The topological polar surface area (TPSA) is 64.3 Å². The molecular weight excluding hydrogens is 192 g/mol. The molecule has 0 bridgehead atoms. The van der Waals surface area contributed by atoms with Crippen molar-refractivity contribution < 1.29 is 9.53 Å². The molecule has 1 aliphatic rings. The Hall–Kier alpha value is -1.55. The molecule has 0 radical (unpaired) electrons. The molecule has 0 saturated heterocycles. The standard InChI is InChI=1S/C11H14N2O2/c1-6-3-4-8-10(7(6)2)15-9(5-12)11(14)13-8/h3-4,9H,5,12H2,1-2H3,(H,13,14). The first-order valence-corrected chi connectivity index (χ1v) is 4.91. The molecule has 1 aliphatic heterocycles. The van der Waals surface area contributed by atoms with Crippen molar-refractivity contribution in [1.82, 2.24) is 0 Å². The fraction of sp³-hybridized carbons (Fsp3) is 0.364. The zero-order valence-electron chi connectivity index (χ0n) is 8.83. The van der Waals surface area contributed by atoms with Gasteiger partial charge in [-0.25, -0.2) is 0 Å². The van der Waals surface area contributed by atoms with E-state index in [4.69, 9.17) is 10.5 Å². The van der Waals surface area contributed by atoms with Gasteiger partial charge >= 0.3 is 0 Å². The van der Waals surface area contributed by atoms with Gasteiger partial charge in [0.25, 0.3) is 5.91 Å². The lowest BCUT2D eigenvalue weighted by atomic mass is 10.1. The summed E-state index contributed by atoms with van der Waals surface area (Å²) in [5.41, 5.74) is 8.37. The van der Waals surface area contributed by atoms with Gasteiger partial charge in [0.15, 0.2) is 6.10 Å². The molecule has 1 unspecified atom stereocenters. The molecule has 1 aromatic rings. The Morgan fingerprint density at radius 2 is 2.20 bits per heavy atom. The quantitative estimate of drug-likeness (QED) is 0.719. The van der Waals surface area contributed by atoms with Gasteiger partial charge < -0.3 is 15.8 Å². The number of amides is 1. The third-order valence-corrected chi connectivity index (χ3v) is 2.70. The summed E-state index contributed by atoms with van der Waals surface area (Å²) in [6.45, 7) is 4.17. The third-order valence-electron chi connectivity index (χ3n) is 2.70. The summed E-state index contributed by atoms with van der Waals surface area (Å²) in [6.07, 6.45) is -0.571. The van der Waals surface area contributed by atoms with Gasteiger partial charge in [0, 0.05) is 6.54 Å². The van der Waals surface area contributed by atoms with E-state index in [1.807, 2.05) is 26.0 Å². The molecule has 0 spiro atoms.